The second-order valence-electron chi connectivity index (χ2n) is 5.70. The van der Waals surface area contributed by atoms with Crippen LogP contribution in [0.5, 0.6) is 0 Å². The molecule has 1 N–H and O–H groups in total. The van der Waals surface area contributed by atoms with E-state index in [4.69, 9.17) is 0 Å². The summed E-state index contributed by atoms with van der Waals surface area (Å²) in [6.45, 7) is 4.45. The number of hydrogen-bond donors (Lipinski definition) is 1. The highest BCUT2D eigenvalue weighted by molar-refractivity contribution is 7.07. The molecule has 1 aliphatic rings. The molecule has 9 heteroatoms. The minimum absolute atomic E-state index is 0.0517. The smallest absolute Gasteiger partial charge is 0.304 e. The molecule has 0 saturated carbocycles. The van der Waals surface area contributed by atoms with Gasteiger partial charge in [-0.15, -0.1) is 0 Å². The molecule has 23 heavy (non-hydrogen) atoms. The Bertz CT molecular complexity index is 875. The first-order valence-electron chi connectivity index (χ1n) is 7.47. The number of thiazole rings is 1. The number of fused-ring (bicyclic) bond motifs is 1. The van der Waals surface area contributed by atoms with Crippen molar-refractivity contribution in [1.82, 2.24) is 29.6 Å². The van der Waals surface area contributed by atoms with Gasteiger partial charge in [0.2, 0.25) is 0 Å². The number of nitrogens with one attached hydrogen (secondary N) is 1. The van der Waals surface area contributed by atoms with Gasteiger partial charge in [-0.2, -0.15) is 5.10 Å². The fourth-order valence-corrected chi connectivity index (χ4v) is 3.39. The molecule has 8 nitrogen and oxygen atoms in total. The highest BCUT2D eigenvalue weighted by Crippen LogP contribution is 2.23. The molecule has 0 unspecified atom stereocenters. The third kappa shape index (κ3) is 2.73. The van der Waals surface area contributed by atoms with Crippen molar-refractivity contribution in [2.45, 2.75) is 6.54 Å². The molecule has 4 heterocycles. The first-order chi connectivity index (χ1) is 11.2. The highest BCUT2D eigenvalue weighted by atomic mass is 32.1. The Morgan fingerprint density at radius 1 is 1.26 bits per heavy atom. The molecule has 1 aliphatic heterocycles. The summed E-state index contributed by atoms with van der Waals surface area (Å²) >= 11 is 1.16. The van der Waals surface area contributed by atoms with Crippen molar-refractivity contribution in [3.63, 3.8) is 0 Å². The Balaban J connectivity index is 1.67. The topological polar surface area (TPSA) is 82.9 Å². The van der Waals surface area contributed by atoms with Gasteiger partial charge in [-0.25, -0.2) is 14.6 Å². The van der Waals surface area contributed by atoms with Gasteiger partial charge in [0.25, 0.3) is 0 Å². The molecule has 0 bridgehead atoms. The number of H-pyrrole nitrogens is 1. The van der Waals surface area contributed by atoms with Crippen molar-refractivity contribution in [2.75, 3.05) is 38.1 Å². The van der Waals surface area contributed by atoms with E-state index >= 15 is 0 Å². The monoisotopic (exact) mass is 331 g/mol. The van der Waals surface area contributed by atoms with Crippen molar-refractivity contribution >= 4 is 28.2 Å². The molecule has 4 rings (SSSR count). The largest absolute Gasteiger partial charge is 0.353 e. The van der Waals surface area contributed by atoms with Gasteiger partial charge in [0, 0.05) is 31.6 Å². The number of likely N-dealkylation sites (N-methyl/N-ethyl adjacent to an activating group) is 1. The van der Waals surface area contributed by atoms with Gasteiger partial charge in [-0.1, -0.05) is 11.3 Å². The van der Waals surface area contributed by atoms with Gasteiger partial charge in [0.05, 0.1) is 23.8 Å². The summed E-state index contributed by atoms with van der Waals surface area (Å²) in [5, 5.41) is 7.20. The Kier molecular flexibility index (Phi) is 3.58. The summed E-state index contributed by atoms with van der Waals surface area (Å²) in [5.74, 6) is 0.938. The van der Waals surface area contributed by atoms with Crippen LogP contribution in [0.3, 0.4) is 0 Å². The quantitative estimate of drug-likeness (QED) is 0.747. The van der Waals surface area contributed by atoms with Gasteiger partial charge < -0.3 is 14.8 Å². The molecule has 120 valence electrons. The lowest BCUT2D eigenvalue weighted by atomic mass is 10.3. The van der Waals surface area contributed by atoms with E-state index < -0.39 is 0 Å². The molecule has 0 radical (unpaired) electrons. The summed E-state index contributed by atoms with van der Waals surface area (Å²) < 4.78 is 1.80. The van der Waals surface area contributed by atoms with Crippen LogP contribution in [0, 0.1) is 0 Å². The van der Waals surface area contributed by atoms with Crippen molar-refractivity contribution in [2.24, 2.45) is 0 Å². The normalized spacial score (nSPS) is 16.3. The summed E-state index contributed by atoms with van der Waals surface area (Å²) in [6, 6.07) is 0. The van der Waals surface area contributed by atoms with Crippen LogP contribution in [0.1, 0.15) is 5.69 Å². The average molecular weight is 331 g/mol. The second-order valence-corrected chi connectivity index (χ2v) is 6.54. The molecule has 0 amide bonds. The van der Waals surface area contributed by atoms with E-state index in [-0.39, 0.29) is 4.87 Å². The zero-order valence-corrected chi connectivity index (χ0v) is 13.6. The number of aromatic amines is 1. The molecule has 1 fully saturated rings. The van der Waals surface area contributed by atoms with Crippen molar-refractivity contribution in [3.8, 4) is 0 Å². The highest BCUT2D eigenvalue weighted by Gasteiger charge is 2.19. The minimum atomic E-state index is -0.0517. The predicted molar refractivity (Wildman–Crippen MR) is 89.1 cm³/mol. The van der Waals surface area contributed by atoms with Gasteiger partial charge in [-0.05, 0) is 7.05 Å². The lowest BCUT2D eigenvalue weighted by molar-refractivity contribution is 0.312. The fraction of sp³-hybridized carbons (Fsp3) is 0.429. The standard InChI is InChI=1S/C14H17N7OS/c1-19-2-4-20(5-3-19)12-11-6-17-21(13(11)16-9-15-12)7-10-8-23-14(22)18-10/h6,8-9H,2-5,7H2,1H3,(H,18,22). The van der Waals surface area contributed by atoms with Crippen LogP contribution in [-0.2, 0) is 6.54 Å². The maximum atomic E-state index is 11.3. The number of aromatic nitrogens is 5. The van der Waals surface area contributed by atoms with E-state index in [1.165, 1.54) is 0 Å². The van der Waals surface area contributed by atoms with Gasteiger partial charge in [0.1, 0.15) is 12.1 Å². The number of rotatable bonds is 3. The Morgan fingerprint density at radius 3 is 2.83 bits per heavy atom. The molecule has 0 aromatic carbocycles. The van der Waals surface area contributed by atoms with Gasteiger partial charge >= 0.3 is 4.87 Å². The maximum Gasteiger partial charge on any atom is 0.304 e. The third-order valence-electron chi connectivity index (χ3n) is 4.11. The summed E-state index contributed by atoms with van der Waals surface area (Å²) in [4.78, 5) is 27.5. The molecule has 1 saturated heterocycles. The van der Waals surface area contributed by atoms with E-state index in [2.05, 4.69) is 36.9 Å². The van der Waals surface area contributed by atoms with Crippen molar-refractivity contribution in [1.29, 1.82) is 0 Å². The Labute approximate surface area is 136 Å². The van der Waals surface area contributed by atoms with E-state index in [0.29, 0.717) is 6.54 Å². The summed E-state index contributed by atoms with van der Waals surface area (Å²) in [7, 11) is 2.13. The number of nitrogens with zero attached hydrogens (tertiary/aromatic N) is 6. The molecular formula is C14H17N7OS. The van der Waals surface area contributed by atoms with Crippen molar-refractivity contribution in [3.05, 3.63) is 33.3 Å². The molecule has 3 aromatic heterocycles. The first kappa shape index (κ1) is 14.3. The van der Waals surface area contributed by atoms with Crippen LogP contribution in [0.15, 0.2) is 22.7 Å². The predicted octanol–water partition coefficient (Wildman–Crippen LogP) is 0.376. The minimum Gasteiger partial charge on any atom is -0.353 e. The van der Waals surface area contributed by atoms with Crippen LogP contribution in [0.2, 0.25) is 0 Å². The fourth-order valence-electron chi connectivity index (χ4n) is 2.82. The van der Waals surface area contributed by atoms with E-state index in [0.717, 1.165) is 60.1 Å². The zero-order valence-electron chi connectivity index (χ0n) is 12.8. The second kappa shape index (κ2) is 5.74. The van der Waals surface area contributed by atoms with Gasteiger partial charge in [-0.3, -0.25) is 4.79 Å². The summed E-state index contributed by atoms with van der Waals surface area (Å²) in [6.07, 6.45) is 3.40. The SMILES string of the molecule is CN1CCN(c2ncnc3c2cnn3Cc2csc(=O)[nH]2)CC1. The van der Waals surface area contributed by atoms with Crippen molar-refractivity contribution < 1.29 is 0 Å². The Hall–Kier alpha value is -2.26. The average Bonchev–Trinajstić information content (AvgIpc) is 3.15. The third-order valence-corrected chi connectivity index (χ3v) is 4.82. The first-order valence-corrected chi connectivity index (χ1v) is 8.35. The van der Waals surface area contributed by atoms with E-state index in [1.807, 2.05) is 11.6 Å². The van der Waals surface area contributed by atoms with E-state index in [1.54, 1.807) is 11.0 Å². The number of piperazine rings is 1. The van der Waals surface area contributed by atoms with Crippen LogP contribution >= 0.6 is 11.3 Å². The molecule has 0 aliphatic carbocycles. The lowest BCUT2D eigenvalue weighted by Crippen LogP contribution is -2.44. The van der Waals surface area contributed by atoms with Crippen LogP contribution in [-0.4, -0.2) is 62.9 Å². The zero-order chi connectivity index (χ0) is 15.8. The summed E-state index contributed by atoms with van der Waals surface area (Å²) in [5.41, 5.74) is 1.63. The van der Waals surface area contributed by atoms with Crippen LogP contribution < -0.4 is 9.77 Å². The Morgan fingerprint density at radius 2 is 2.09 bits per heavy atom. The molecule has 0 spiro atoms. The maximum absolute atomic E-state index is 11.3. The van der Waals surface area contributed by atoms with Crippen LogP contribution in [0.25, 0.3) is 11.0 Å². The number of hydrogen-bond acceptors (Lipinski definition) is 7. The molecule has 0 atom stereocenters. The van der Waals surface area contributed by atoms with Crippen LogP contribution in [0.4, 0.5) is 5.82 Å². The molecular weight excluding hydrogens is 314 g/mol. The number of anilines is 1. The van der Waals surface area contributed by atoms with E-state index in [9.17, 15) is 4.79 Å². The lowest BCUT2D eigenvalue weighted by Gasteiger charge is -2.33. The van der Waals surface area contributed by atoms with Gasteiger partial charge in [0.15, 0.2) is 5.65 Å². The molecule has 3 aromatic rings.